The number of rotatable bonds is 4. The van der Waals surface area contributed by atoms with Gasteiger partial charge in [-0.1, -0.05) is 30.3 Å². The molecule has 0 aromatic heterocycles. The second-order valence-corrected chi connectivity index (χ2v) is 6.18. The molecule has 25 heavy (non-hydrogen) atoms. The van der Waals surface area contributed by atoms with Crippen molar-refractivity contribution < 1.29 is 36.1 Å². The van der Waals surface area contributed by atoms with Gasteiger partial charge in [-0.05, 0) is 18.9 Å². The highest BCUT2D eigenvalue weighted by atomic mass is 17.0. The van der Waals surface area contributed by atoms with E-state index in [-0.39, 0.29) is 32.4 Å². The van der Waals surface area contributed by atoms with Crippen LogP contribution in [0.15, 0.2) is 30.3 Å². The van der Waals surface area contributed by atoms with E-state index in [1.165, 1.54) is 0 Å². The third-order valence-corrected chi connectivity index (χ3v) is 4.34. The highest BCUT2D eigenvalue weighted by Gasteiger charge is 2.37. The van der Waals surface area contributed by atoms with Crippen LogP contribution in [0.2, 0.25) is 0 Å². The van der Waals surface area contributed by atoms with Crippen LogP contribution >= 0.6 is 0 Å². The molecule has 0 aliphatic carbocycles. The lowest BCUT2D eigenvalue weighted by Crippen LogP contribution is -2.36. The minimum Gasteiger partial charge on any atom is -0.445 e. The highest BCUT2D eigenvalue weighted by molar-refractivity contribution is 5.68. The van der Waals surface area contributed by atoms with Crippen LogP contribution in [-0.4, -0.2) is 70.7 Å². The molecule has 1 amide bonds. The fraction of sp³-hybridized carbons (Fsp3) is 0.588. The number of benzene rings is 1. The predicted octanol–water partition coefficient (Wildman–Crippen LogP) is 1.83. The van der Waals surface area contributed by atoms with Crippen molar-refractivity contribution >= 4 is 6.09 Å². The van der Waals surface area contributed by atoms with Gasteiger partial charge in [-0.15, -0.1) is 0 Å². The Morgan fingerprint density at radius 2 is 2.04 bits per heavy atom. The Bertz CT molecular complexity index is 533. The molecule has 2 fully saturated rings. The molecular weight excluding hydrogens is 330 g/mol. The minimum atomic E-state index is -0.579. The SMILES string of the molecule is CC1CC(OC2COCC2O)CN1C(=O)OCc1ccccc1.OO.[HH]. The zero-order valence-electron chi connectivity index (χ0n) is 14.2. The standard InChI is InChI=1S/C17H23NO5.H2O2.H2/c1-12-7-14(23-16-11-21-10-15(16)19)8-18(12)17(20)22-9-13-5-3-2-4-6-13;1-2;/h2-6,12,14-16,19H,7-11H2,1H3;1-2H;1H. The molecule has 0 radical (unpaired) electrons. The molecule has 3 rings (SSSR count). The van der Waals surface area contributed by atoms with E-state index >= 15 is 0 Å². The molecule has 1 aromatic rings. The van der Waals surface area contributed by atoms with Gasteiger partial charge in [0.05, 0.1) is 25.9 Å². The lowest BCUT2D eigenvalue weighted by Gasteiger charge is -2.21. The average molecular weight is 357 g/mol. The topological polar surface area (TPSA) is 109 Å². The predicted molar refractivity (Wildman–Crippen MR) is 90.3 cm³/mol. The first kappa shape index (κ1) is 19.6. The third kappa shape index (κ3) is 5.38. The Hall–Kier alpha value is -1.71. The van der Waals surface area contributed by atoms with E-state index < -0.39 is 6.10 Å². The molecule has 2 aliphatic rings. The zero-order chi connectivity index (χ0) is 18.2. The first-order valence-corrected chi connectivity index (χ1v) is 8.22. The normalized spacial score (nSPS) is 28.4. The van der Waals surface area contributed by atoms with E-state index in [0.717, 1.165) is 12.0 Å². The van der Waals surface area contributed by atoms with Crippen LogP contribution < -0.4 is 0 Å². The molecule has 3 N–H and O–H groups in total. The maximum atomic E-state index is 12.3. The molecule has 2 saturated heterocycles. The highest BCUT2D eigenvalue weighted by Crippen LogP contribution is 2.24. The van der Waals surface area contributed by atoms with Crippen molar-refractivity contribution in [3.63, 3.8) is 0 Å². The summed E-state index contributed by atoms with van der Waals surface area (Å²) >= 11 is 0. The average Bonchev–Trinajstić information content (AvgIpc) is 3.21. The quantitative estimate of drug-likeness (QED) is 0.557. The summed E-state index contributed by atoms with van der Waals surface area (Å²) in [5.74, 6) is 0. The lowest BCUT2D eigenvalue weighted by molar-refractivity contribution is -0.176. The number of nitrogens with zero attached hydrogens (tertiary/aromatic N) is 1. The Kier molecular flexibility index (Phi) is 7.60. The fourth-order valence-electron chi connectivity index (χ4n) is 3.04. The number of likely N-dealkylation sites (tertiary alicyclic amines) is 1. The van der Waals surface area contributed by atoms with Crippen molar-refractivity contribution in [2.24, 2.45) is 0 Å². The first-order valence-electron chi connectivity index (χ1n) is 8.22. The molecule has 1 aromatic carbocycles. The maximum Gasteiger partial charge on any atom is 0.410 e. The van der Waals surface area contributed by atoms with Gasteiger partial charge in [0.1, 0.15) is 18.8 Å². The van der Waals surface area contributed by atoms with Crippen molar-refractivity contribution in [2.45, 2.75) is 44.3 Å². The van der Waals surface area contributed by atoms with E-state index in [1.54, 1.807) is 4.90 Å². The molecule has 8 nitrogen and oxygen atoms in total. The van der Waals surface area contributed by atoms with Gasteiger partial charge in [-0.25, -0.2) is 4.79 Å². The summed E-state index contributed by atoms with van der Waals surface area (Å²) in [6.45, 7) is 3.45. The number of amides is 1. The number of ether oxygens (including phenoxy) is 3. The lowest BCUT2D eigenvalue weighted by atomic mass is 10.2. The number of hydrogen-bond acceptors (Lipinski definition) is 7. The Balaban J connectivity index is 0.00000109. The van der Waals surface area contributed by atoms with E-state index in [2.05, 4.69) is 0 Å². The number of aliphatic hydroxyl groups is 1. The maximum absolute atomic E-state index is 12.3. The van der Waals surface area contributed by atoms with Crippen LogP contribution in [0.25, 0.3) is 0 Å². The first-order chi connectivity index (χ1) is 12.1. The van der Waals surface area contributed by atoms with E-state index in [4.69, 9.17) is 24.7 Å². The Morgan fingerprint density at radius 1 is 1.32 bits per heavy atom. The second-order valence-electron chi connectivity index (χ2n) is 6.18. The van der Waals surface area contributed by atoms with Crippen LogP contribution in [0.3, 0.4) is 0 Å². The van der Waals surface area contributed by atoms with Gasteiger partial charge in [-0.3, -0.25) is 10.5 Å². The van der Waals surface area contributed by atoms with Crippen LogP contribution in [0.5, 0.6) is 0 Å². The monoisotopic (exact) mass is 357 g/mol. The van der Waals surface area contributed by atoms with Crippen molar-refractivity contribution in [1.82, 2.24) is 4.90 Å². The van der Waals surface area contributed by atoms with E-state index in [1.807, 2.05) is 37.3 Å². The minimum absolute atomic E-state index is 0. The van der Waals surface area contributed by atoms with Crippen molar-refractivity contribution in [1.29, 1.82) is 0 Å². The molecule has 2 aliphatic heterocycles. The summed E-state index contributed by atoms with van der Waals surface area (Å²) in [6, 6.07) is 9.67. The van der Waals surface area contributed by atoms with Crippen LogP contribution in [-0.2, 0) is 20.8 Å². The molecule has 4 unspecified atom stereocenters. The van der Waals surface area contributed by atoms with Gasteiger partial charge in [0.15, 0.2) is 0 Å². The van der Waals surface area contributed by atoms with Gasteiger partial charge in [0.2, 0.25) is 0 Å². The Morgan fingerprint density at radius 3 is 2.68 bits per heavy atom. The number of aliphatic hydroxyl groups excluding tert-OH is 1. The van der Waals surface area contributed by atoms with Crippen molar-refractivity contribution in [2.75, 3.05) is 19.8 Å². The molecule has 2 heterocycles. The third-order valence-electron chi connectivity index (χ3n) is 4.34. The van der Waals surface area contributed by atoms with Crippen LogP contribution in [0.1, 0.15) is 20.3 Å². The molecule has 0 bridgehead atoms. The van der Waals surface area contributed by atoms with E-state index in [0.29, 0.717) is 19.8 Å². The molecule has 0 saturated carbocycles. The van der Waals surface area contributed by atoms with Gasteiger partial charge in [-0.2, -0.15) is 0 Å². The number of hydrogen-bond donors (Lipinski definition) is 3. The smallest absolute Gasteiger partial charge is 0.410 e. The number of carbonyl (C=O) groups is 1. The molecule has 142 valence electrons. The van der Waals surface area contributed by atoms with Crippen LogP contribution in [0.4, 0.5) is 4.79 Å². The Labute approximate surface area is 147 Å². The van der Waals surface area contributed by atoms with Crippen LogP contribution in [0, 0.1) is 0 Å². The summed E-state index contributed by atoms with van der Waals surface area (Å²) in [5, 5.41) is 21.7. The largest absolute Gasteiger partial charge is 0.445 e. The van der Waals surface area contributed by atoms with Gasteiger partial charge in [0.25, 0.3) is 0 Å². The van der Waals surface area contributed by atoms with E-state index in [9.17, 15) is 9.90 Å². The molecule has 0 spiro atoms. The summed E-state index contributed by atoms with van der Waals surface area (Å²) < 4.78 is 16.4. The summed E-state index contributed by atoms with van der Waals surface area (Å²) in [5.41, 5.74) is 0.965. The summed E-state index contributed by atoms with van der Waals surface area (Å²) in [4.78, 5) is 13.9. The molecular formula is C17H27NO7. The van der Waals surface area contributed by atoms with Gasteiger partial charge >= 0.3 is 6.09 Å². The molecule has 4 atom stereocenters. The fourth-order valence-corrected chi connectivity index (χ4v) is 3.04. The number of carbonyl (C=O) groups excluding carboxylic acids is 1. The molecule has 8 heteroatoms. The summed E-state index contributed by atoms with van der Waals surface area (Å²) in [6.07, 6.45) is -0.549. The van der Waals surface area contributed by atoms with Gasteiger partial charge < -0.3 is 24.2 Å². The second kappa shape index (κ2) is 9.69. The van der Waals surface area contributed by atoms with Crippen molar-refractivity contribution in [3.05, 3.63) is 35.9 Å². The van der Waals surface area contributed by atoms with Crippen molar-refractivity contribution in [3.8, 4) is 0 Å². The zero-order valence-corrected chi connectivity index (χ0v) is 14.2. The summed E-state index contributed by atoms with van der Waals surface area (Å²) in [7, 11) is 0. The van der Waals surface area contributed by atoms with Gasteiger partial charge in [0, 0.05) is 7.47 Å².